The van der Waals surface area contributed by atoms with E-state index in [2.05, 4.69) is 15.9 Å². The number of rotatable bonds is 2. The highest BCUT2D eigenvalue weighted by molar-refractivity contribution is 9.10. The second kappa shape index (κ2) is 5.40. The Morgan fingerprint density at radius 2 is 2.35 bits per heavy atom. The number of aryl methyl sites for hydroxylation is 1. The highest BCUT2D eigenvalue weighted by Gasteiger charge is 2.28. The van der Waals surface area contributed by atoms with Gasteiger partial charge in [-0.1, -0.05) is 22.0 Å². The van der Waals surface area contributed by atoms with Gasteiger partial charge in [-0.25, -0.2) is 0 Å². The van der Waals surface area contributed by atoms with Gasteiger partial charge < -0.3 is 4.90 Å². The molecule has 1 aliphatic rings. The minimum Gasteiger partial charge on any atom is -0.334 e. The van der Waals surface area contributed by atoms with E-state index in [4.69, 9.17) is 11.6 Å². The molecule has 0 aliphatic carbocycles. The van der Waals surface area contributed by atoms with E-state index in [9.17, 15) is 4.79 Å². The summed E-state index contributed by atoms with van der Waals surface area (Å²) in [4.78, 5) is 14.2. The van der Waals surface area contributed by atoms with Crippen LogP contribution in [0.5, 0.6) is 0 Å². The number of carbonyl (C=O) groups is 1. The number of carbonyl (C=O) groups excluding carboxylic acids is 1. The monoisotopic (exact) mass is 315 g/mol. The van der Waals surface area contributed by atoms with Gasteiger partial charge in [-0.05, 0) is 37.5 Å². The first-order valence-electron chi connectivity index (χ1n) is 5.76. The van der Waals surface area contributed by atoms with E-state index in [1.165, 1.54) is 0 Å². The molecule has 92 valence electrons. The maximum absolute atomic E-state index is 12.3. The summed E-state index contributed by atoms with van der Waals surface area (Å²) in [6.07, 6.45) is 2.07. The van der Waals surface area contributed by atoms with E-state index < -0.39 is 0 Å². The molecule has 2 rings (SSSR count). The Morgan fingerprint density at radius 3 is 3.00 bits per heavy atom. The third kappa shape index (κ3) is 2.66. The Hall–Kier alpha value is -0.540. The first-order valence-corrected chi connectivity index (χ1v) is 7.09. The van der Waals surface area contributed by atoms with E-state index >= 15 is 0 Å². The molecule has 1 aromatic rings. The Labute approximate surface area is 115 Å². The molecule has 0 N–H and O–H groups in total. The second-order valence-electron chi connectivity index (χ2n) is 4.41. The Bertz CT molecular complexity index is 435. The highest BCUT2D eigenvalue weighted by atomic mass is 79.9. The van der Waals surface area contributed by atoms with E-state index in [0.29, 0.717) is 5.88 Å². The first-order chi connectivity index (χ1) is 8.13. The zero-order chi connectivity index (χ0) is 12.4. The van der Waals surface area contributed by atoms with Crippen molar-refractivity contribution in [1.82, 2.24) is 4.90 Å². The van der Waals surface area contributed by atoms with Crippen molar-refractivity contribution in [1.29, 1.82) is 0 Å². The molecule has 0 radical (unpaired) electrons. The molecule has 2 nitrogen and oxygen atoms in total. The molecule has 1 atom stereocenters. The first kappa shape index (κ1) is 12.9. The van der Waals surface area contributed by atoms with Gasteiger partial charge in [0.15, 0.2) is 0 Å². The smallest absolute Gasteiger partial charge is 0.254 e. The molecule has 0 aromatic heterocycles. The third-order valence-corrected chi connectivity index (χ3v) is 4.45. The number of likely N-dealkylation sites (tertiary alicyclic amines) is 1. The molecular formula is C13H15BrClNO. The topological polar surface area (TPSA) is 20.3 Å². The number of benzene rings is 1. The molecule has 1 amide bonds. The van der Waals surface area contributed by atoms with Gasteiger partial charge in [0.2, 0.25) is 0 Å². The van der Waals surface area contributed by atoms with Gasteiger partial charge in [-0.3, -0.25) is 4.79 Å². The van der Waals surface area contributed by atoms with Crippen molar-refractivity contribution < 1.29 is 4.79 Å². The molecule has 0 bridgehead atoms. The summed E-state index contributed by atoms with van der Waals surface area (Å²) < 4.78 is 0.977. The number of nitrogens with zero attached hydrogens (tertiary/aromatic N) is 1. The van der Waals surface area contributed by atoms with Crippen molar-refractivity contribution in [3.05, 3.63) is 33.8 Å². The van der Waals surface area contributed by atoms with Crippen molar-refractivity contribution in [2.75, 3.05) is 12.4 Å². The molecule has 17 heavy (non-hydrogen) atoms. The number of hydrogen-bond acceptors (Lipinski definition) is 1. The van der Waals surface area contributed by atoms with Crippen molar-refractivity contribution in [2.45, 2.75) is 25.8 Å². The molecule has 1 aromatic carbocycles. The number of halogens is 2. The van der Waals surface area contributed by atoms with Crippen LogP contribution in [0.25, 0.3) is 0 Å². The number of amides is 1. The fourth-order valence-corrected chi connectivity index (χ4v) is 2.85. The van der Waals surface area contributed by atoms with Crippen molar-refractivity contribution >= 4 is 33.4 Å². The molecule has 1 saturated heterocycles. The summed E-state index contributed by atoms with van der Waals surface area (Å²) in [6.45, 7) is 2.83. The molecule has 4 heteroatoms. The zero-order valence-corrected chi connectivity index (χ0v) is 12.1. The van der Waals surface area contributed by atoms with E-state index in [-0.39, 0.29) is 11.9 Å². The minimum atomic E-state index is 0.0915. The lowest BCUT2D eigenvalue weighted by Crippen LogP contribution is -2.36. The summed E-state index contributed by atoms with van der Waals surface area (Å²) in [5, 5.41) is 0. The largest absolute Gasteiger partial charge is 0.334 e. The normalized spacial score (nSPS) is 19.7. The lowest BCUT2D eigenvalue weighted by atomic mass is 10.1. The molecule has 0 spiro atoms. The zero-order valence-electron chi connectivity index (χ0n) is 9.75. The molecule has 1 heterocycles. The molecular weight excluding hydrogens is 302 g/mol. The van der Waals surface area contributed by atoms with Gasteiger partial charge >= 0.3 is 0 Å². The summed E-state index contributed by atoms with van der Waals surface area (Å²) in [5.74, 6) is 0.618. The van der Waals surface area contributed by atoms with Gasteiger partial charge in [-0.15, -0.1) is 11.6 Å². The van der Waals surface area contributed by atoms with Gasteiger partial charge in [0.05, 0.1) is 0 Å². The third-order valence-electron chi connectivity index (χ3n) is 3.23. The van der Waals surface area contributed by atoms with Crippen molar-refractivity contribution in [3.8, 4) is 0 Å². The molecule has 0 saturated carbocycles. The van der Waals surface area contributed by atoms with Crippen LogP contribution in [0.15, 0.2) is 22.7 Å². The summed E-state index contributed by atoms with van der Waals surface area (Å²) in [5.41, 5.74) is 1.87. The van der Waals surface area contributed by atoms with Gasteiger partial charge in [-0.2, -0.15) is 0 Å². The molecule has 1 aliphatic heterocycles. The maximum atomic E-state index is 12.3. The fraction of sp³-hybridized carbons (Fsp3) is 0.462. The highest BCUT2D eigenvalue weighted by Crippen LogP contribution is 2.23. The van der Waals surface area contributed by atoms with Gasteiger partial charge in [0.25, 0.3) is 5.91 Å². The number of hydrogen-bond donors (Lipinski definition) is 0. The Morgan fingerprint density at radius 1 is 1.59 bits per heavy atom. The van der Waals surface area contributed by atoms with Crippen LogP contribution in [-0.2, 0) is 0 Å². The van der Waals surface area contributed by atoms with Crippen LogP contribution in [-0.4, -0.2) is 29.3 Å². The van der Waals surface area contributed by atoms with Crippen LogP contribution in [0.3, 0.4) is 0 Å². The summed E-state index contributed by atoms with van der Waals surface area (Å²) >= 11 is 9.35. The average Bonchev–Trinajstić information content (AvgIpc) is 2.80. The van der Waals surface area contributed by atoms with E-state index in [1.54, 1.807) is 0 Å². The lowest BCUT2D eigenvalue weighted by Gasteiger charge is -2.23. The van der Waals surface area contributed by atoms with Crippen LogP contribution in [0.1, 0.15) is 28.8 Å². The van der Waals surface area contributed by atoms with Crippen LogP contribution in [0.2, 0.25) is 0 Å². The van der Waals surface area contributed by atoms with Crippen LogP contribution >= 0.6 is 27.5 Å². The SMILES string of the molecule is Cc1ccc(C(=O)N2CCCC2CCl)cc1Br. The molecule has 1 fully saturated rings. The average molecular weight is 317 g/mol. The summed E-state index contributed by atoms with van der Waals surface area (Å²) in [7, 11) is 0. The summed E-state index contributed by atoms with van der Waals surface area (Å²) in [6, 6.07) is 5.93. The Balaban J connectivity index is 2.21. The minimum absolute atomic E-state index is 0.0915. The predicted octanol–water partition coefficient (Wildman–Crippen LogP) is 3.60. The Kier molecular flexibility index (Phi) is 4.10. The second-order valence-corrected chi connectivity index (χ2v) is 5.58. The van der Waals surface area contributed by atoms with Crippen LogP contribution in [0, 0.1) is 6.92 Å². The van der Waals surface area contributed by atoms with Crippen LogP contribution in [0.4, 0.5) is 0 Å². The van der Waals surface area contributed by atoms with Gasteiger partial charge in [0, 0.05) is 28.5 Å². The maximum Gasteiger partial charge on any atom is 0.254 e. The lowest BCUT2D eigenvalue weighted by molar-refractivity contribution is 0.0749. The predicted molar refractivity (Wildman–Crippen MR) is 73.7 cm³/mol. The standard InChI is InChI=1S/C13H15BrClNO/c1-9-4-5-10(7-12(9)14)13(17)16-6-2-3-11(16)8-15/h4-5,7,11H,2-3,6,8H2,1H3. The van der Waals surface area contributed by atoms with Crippen molar-refractivity contribution in [2.24, 2.45) is 0 Å². The fourth-order valence-electron chi connectivity index (χ4n) is 2.16. The van der Waals surface area contributed by atoms with Gasteiger partial charge in [0.1, 0.15) is 0 Å². The molecule has 1 unspecified atom stereocenters. The van der Waals surface area contributed by atoms with E-state index in [1.807, 2.05) is 30.0 Å². The van der Waals surface area contributed by atoms with Crippen molar-refractivity contribution in [3.63, 3.8) is 0 Å². The van der Waals surface area contributed by atoms with E-state index in [0.717, 1.165) is 35.0 Å². The quantitative estimate of drug-likeness (QED) is 0.763. The number of alkyl halides is 1. The van der Waals surface area contributed by atoms with Crippen LogP contribution < -0.4 is 0 Å².